The van der Waals surface area contributed by atoms with Crippen molar-refractivity contribution < 1.29 is 8.42 Å². The number of sulfonamides is 1. The summed E-state index contributed by atoms with van der Waals surface area (Å²) in [5.74, 6) is 0.511. The van der Waals surface area contributed by atoms with Crippen LogP contribution in [0.3, 0.4) is 0 Å². The highest BCUT2D eigenvalue weighted by molar-refractivity contribution is 7.90. The van der Waals surface area contributed by atoms with Crippen molar-refractivity contribution in [1.29, 1.82) is 0 Å². The Hall–Kier alpha value is -0.390. The van der Waals surface area contributed by atoms with Gasteiger partial charge in [0.1, 0.15) is 0 Å². The lowest BCUT2D eigenvalue weighted by molar-refractivity contribution is 0.199. The first kappa shape index (κ1) is 16.7. The van der Waals surface area contributed by atoms with E-state index in [1.54, 1.807) is 0 Å². The largest absolute Gasteiger partial charge is 0.299 e. The van der Waals surface area contributed by atoms with Gasteiger partial charge in [-0.05, 0) is 46.1 Å². The molecular weight excluding hydrogens is 260 g/mol. The summed E-state index contributed by atoms with van der Waals surface area (Å²) in [6.45, 7) is 13.4. The molecule has 0 amide bonds. The summed E-state index contributed by atoms with van der Waals surface area (Å²) in [6.07, 6.45) is 3.64. The first-order valence-electron chi connectivity index (χ1n) is 7.14. The molecule has 1 heterocycles. The summed E-state index contributed by atoms with van der Waals surface area (Å²) in [6, 6.07) is 0.369. The second-order valence-corrected chi connectivity index (χ2v) is 7.96. The molecule has 0 aromatic carbocycles. The van der Waals surface area contributed by atoms with E-state index in [0.717, 1.165) is 19.4 Å². The molecule has 0 unspecified atom stereocenters. The van der Waals surface area contributed by atoms with Crippen molar-refractivity contribution in [3.05, 3.63) is 12.7 Å². The van der Waals surface area contributed by atoms with Crippen molar-refractivity contribution in [1.82, 2.24) is 9.62 Å². The average molecular weight is 288 g/mol. The van der Waals surface area contributed by atoms with E-state index in [-0.39, 0.29) is 11.3 Å². The van der Waals surface area contributed by atoms with Gasteiger partial charge in [0.2, 0.25) is 10.0 Å². The van der Waals surface area contributed by atoms with Crippen LogP contribution < -0.4 is 4.72 Å². The minimum Gasteiger partial charge on any atom is -0.299 e. The standard InChI is InChI=1S/C14H28N2O2S/c1-6-7-12(4)13(5)16-9-8-14(10-16)19(17,18)15-11(2)3/h6,11-15H,1,7-10H2,2-5H3/t12-,13+,14-/m0/s1. The molecule has 1 rings (SSSR count). The van der Waals surface area contributed by atoms with Gasteiger partial charge in [-0.1, -0.05) is 13.0 Å². The summed E-state index contributed by atoms with van der Waals surface area (Å²) in [7, 11) is -3.18. The molecule has 0 aliphatic carbocycles. The van der Waals surface area contributed by atoms with E-state index < -0.39 is 10.0 Å². The number of nitrogens with zero attached hydrogens (tertiary/aromatic N) is 1. The van der Waals surface area contributed by atoms with E-state index in [0.29, 0.717) is 18.5 Å². The van der Waals surface area contributed by atoms with E-state index in [1.807, 2.05) is 19.9 Å². The molecule has 1 fully saturated rings. The maximum absolute atomic E-state index is 12.2. The van der Waals surface area contributed by atoms with Crippen LogP contribution in [-0.2, 0) is 10.0 Å². The zero-order valence-electron chi connectivity index (χ0n) is 12.6. The molecule has 3 atom stereocenters. The third kappa shape index (κ3) is 4.58. The van der Waals surface area contributed by atoms with Crippen LogP contribution in [0.4, 0.5) is 0 Å². The quantitative estimate of drug-likeness (QED) is 0.729. The molecular formula is C14H28N2O2S. The fraction of sp³-hybridized carbons (Fsp3) is 0.857. The number of allylic oxidation sites excluding steroid dienone is 1. The highest BCUT2D eigenvalue weighted by atomic mass is 32.2. The lowest BCUT2D eigenvalue weighted by atomic mass is 9.99. The van der Waals surface area contributed by atoms with Crippen LogP contribution in [0.15, 0.2) is 12.7 Å². The molecule has 1 aliphatic heterocycles. The van der Waals surface area contributed by atoms with Gasteiger partial charge in [0.25, 0.3) is 0 Å². The van der Waals surface area contributed by atoms with Crippen LogP contribution in [0.1, 0.15) is 40.5 Å². The van der Waals surface area contributed by atoms with Crippen LogP contribution in [0, 0.1) is 5.92 Å². The Labute approximate surface area is 118 Å². The van der Waals surface area contributed by atoms with Gasteiger partial charge in [-0.2, -0.15) is 0 Å². The Balaban J connectivity index is 2.60. The molecule has 0 aromatic rings. The lowest BCUT2D eigenvalue weighted by Crippen LogP contribution is -2.42. The van der Waals surface area contributed by atoms with Gasteiger partial charge in [-0.25, -0.2) is 13.1 Å². The van der Waals surface area contributed by atoms with Crippen LogP contribution in [0.25, 0.3) is 0 Å². The van der Waals surface area contributed by atoms with Gasteiger partial charge in [-0.15, -0.1) is 6.58 Å². The third-order valence-electron chi connectivity index (χ3n) is 3.95. The molecule has 0 spiro atoms. The fourth-order valence-electron chi connectivity index (χ4n) is 2.62. The van der Waals surface area contributed by atoms with Gasteiger partial charge < -0.3 is 0 Å². The molecule has 5 heteroatoms. The Morgan fingerprint density at radius 1 is 1.37 bits per heavy atom. The molecule has 1 saturated heterocycles. The SMILES string of the molecule is C=CC[C@H](C)[C@@H](C)N1CC[C@H](S(=O)(=O)NC(C)C)C1. The second kappa shape index (κ2) is 6.86. The second-order valence-electron chi connectivity index (χ2n) is 5.97. The maximum atomic E-state index is 12.2. The summed E-state index contributed by atoms with van der Waals surface area (Å²) < 4.78 is 27.0. The lowest BCUT2D eigenvalue weighted by Gasteiger charge is -2.29. The van der Waals surface area contributed by atoms with Gasteiger partial charge in [0.05, 0.1) is 5.25 Å². The van der Waals surface area contributed by atoms with Crippen molar-refractivity contribution >= 4 is 10.0 Å². The predicted molar refractivity (Wildman–Crippen MR) is 80.6 cm³/mol. The first-order valence-corrected chi connectivity index (χ1v) is 8.68. The maximum Gasteiger partial charge on any atom is 0.216 e. The normalized spacial score (nSPS) is 24.6. The smallest absolute Gasteiger partial charge is 0.216 e. The van der Waals surface area contributed by atoms with Gasteiger partial charge >= 0.3 is 0 Å². The highest BCUT2D eigenvalue weighted by Gasteiger charge is 2.35. The number of rotatable bonds is 7. The summed E-state index contributed by atoms with van der Waals surface area (Å²) in [4.78, 5) is 2.29. The van der Waals surface area contributed by atoms with E-state index in [9.17, 15) is 8.42 Å². The zero-order valence-corrected chi connectivity index (χ0v) is 13.4. The summed E-state index contributed by atoms with van der Waals surface area (Å²) >= 11 is 0. The van der Waals surface area contributed by atoms with Crippen LogP contribution in [0.2, 0.25) is 0 Å². The Morgan fingerprint density at radius 3 is 2.53 bits per heavy atom. The number of hydrogen-bond acceptors (Lipinski definition) is 3. The minimum atomic E-state index is -3.18. The topological polar surface area (TPSA) is 49.4 Å². The molecule has 0 saturated carbocycles. The van der Waals surface area contributed by atoms with E-state index in [2.05, 4.69) is 30.0 Å². The Kier molecular flexibility index (Phi) is 6.02. The summed E-state index contributed by atoms with van der Waals surface area (Å²) in [5.41, 5.74) is 0. The van der Waals surface area contributed by atoms with E-state index >= 15 is 0 Å². The number of nitrogens with one attached hydrogen (secondary N) is 1. The number of hydrogen-bond donors (Lipinski definition) is 1. The van der Waals surface area contributed by atoms with Crippen molar-refractivity contribution in [3.8, 4) is 0 Å². The highest BCUT2D eigenvalue weighted by Crippen LogP contribution is 2.23. The number of likely N-dealkylation sites (tertiary alicyclic amines) is 1. The molecule has 0 radical (unpaired) electrons. The fourth-order valence-corrected chi connectivity index (χ4v) is 4.27. The zero-order chi connectivity index (χ0) is 14.6. The third-order valence-corrected chi connectivity index (χ3v) is 6.02. The molecule has 1 aliphatic rings. The molecule has 19 heavy (non-hydrogen) atoms. The van der Waals surface area contributed by atoms with Gasteiger partial charge in [0.15, 0.2) is 0 Å². The molecule has 0 bridgehead atoms. The minimum absolute atomic E-state index is 0.0313. The monoisotopic (exact) mass is 288 g/mol. The van der Waals surface area contributed by atoms with E-state index in [1.165, 1.54) is 0 Å². The van der Waals surface area contributed by atoms with E-state index in [4.69, 9.17) is 0 Å². The molecule has 112 valence electrons. The van der Waals surface area contributed by atoms with Crippen LogP contribution in [0.5, 0.6) is 0 Å². The van der Waals surface area contributed by atoms with Crippen molar-refractivity contribution in [3.63, 3.8) is 0 Å². The molecule has 0 aromatic heterocycles. The predicted octanol–water partition coefficient (Wildman–Crippen LogP) is 1.99. The van der Waals surface area contributed by atoms with Gasteiger partial charge in [0, 0.05) is 18.6 Å². The molecule has 1 N–H and O–H groups in total. The summed E-state index contributed by atoms with van der Waals surface area (Å²) in [5, 5.41) is -0.270. The van der Waals surface area contributed by atoms with Crippen LogP contribution in [-0.4, -0.2) is 43.7 Å². The average Bonchev–Trinajstić information content (AvgIpc) is 2.76. The van der Waals surface area contributed by atoms with Crippen molar-refractivity contribution in [2.45, 2.75) is 57.9 Å². The molecule has 4 nitrogen and oxygen atoms in total. The Bertz CT molecular complexity index is 392. The van der Waals surface area contributed by atoms with Crippen LogP contribution >= 0.6 is 0 Å². The van der Waals surface area contributed by atoms with Crippen molar-refractivity contribution in [2.24, 2.45) is 5.92 Å². The Morgan fingerprint density at radius 2 is 2.00 bits per heavy atom. The van der Waals surface area contributed by atoms with Gasteiger partial charge in [-0.3, -0.25) is 4.90 Å². The van der Waals surface area contributed by atoms with Crippen molar-refractivity contribution in [2.75, 3.05) is 13.1 Å². The first-order chi connectivity index (χ1) is 8.77.